The van der Waals surface area contributed by atoms with Gasteiger partial charge in [-0.1, -0.05) is 30.3 Å². The predicted octanol–water partition coefficient (Wildman–Crippen LogP) is 3.41. The molecule has 0 saturated carbocycles. The van der Waals surface area contributed by atoms with E-state index in [1.807, 2.05) is 22.9 Å². The molecule has 6 nitrogen and oxygen atoms in total. The molecule has 1 aromatic carbocycles. The third kappa shape index (κ3) is 4.09. The molecule has 0 radical (unpaired) electrons. The highest BCUT2D eigenvalue weighted by molar-refractivity contribution is 7.08. The van der Waals surface area contributed by atoms with Gasteiger partial charge in [-0.25, -0.2) is 4.98 Å². The highest BCUT2D eigenvalue weighted by atomic mass is 32.1. The molecule has 2 heterocycles. The van der Waals surface area contributed by atoms with Gasteiger partial charge in [0.15, 0.2) is 0 Å². The van der Waals surface area contributed by atoms with E-state index in [-0.39, 0.29) is 18.9 Å². The van der Waals surface area contributed by atoms with Crippen LogP contribution in [0, 0.1) is 6.92 Å². The van der Waals surface area contributed by atoms with E-state index in [2.05, 4.69) is 10.3 Å². The molecule has 3 aromatic rings. The summed E-state index contributed by atoms with van der Waals surface area (Å²) in [5, 5.41) is 16.2. The second-order valence-electron chi connectivity index (χ2n) is 6.49. The summed E-state index contributed by atoms with van der Waals surface area (Å²) in [6.45, 7) is 3.34. The van der Waals surface area contributed by atoms with E-state index in [1.54, 1.807) is 49.4 Å². The van der Waals surface area contributed by atoms with E-state index in [9.17, 15) is 14.7 Å². The molecule has 140 valence electrons. The van der Waals surface area contributed by atoms with Crippen molar-refractivity contribution >= 4 is 23.2 Å². The summed E-state index contributed by atoms with van der Waals surface area (Å²) < 4.78 is 5.63. The predicted molar refractivity (Wildman–Crippen MR) is 103 cm³/mol. The van der Waals surface area contributed by atoms with Crippen LogP contribution in [0.2, 0.25) is 0 Å². The third-order valence-corrected chi connectivity index (χ3v) is 5.19. The Bertz CT molecular complexity index is 934. The Morgan fingerprint density at radius 3 is 2.63 bits per heavy atom. The molecule has 7 heteroatoms. The molecule has 0 spiro atoms. The summed E-state index contributed by atoms with van der Waals surface area (Å²) in [5.41, 5.74) is 0.843. The van der Waals surface area contributed by atoms with Gasteiger partial charge in [0, 0.05) is 17.5 Å². The monoisotopic (exact) mass is 384 g/mol. The normalized spacial score (nSPS) is 13.1. The van der Waals surface area contributed by atoms with E-state index >= 15 is 0 Å². The van der Waals surface area contributed by atoms with Crippen molar-refractivity contribution < 1.29 is 19.1 Å². The summed E-state index contributed by atoms with van der Waals surface area (Å²) in [5.74, 6) is -0.232. The molecule has 0 aliphatic heterocycles. The third-order valence-electron chi connectivity index (χ3n) is 4.51. The minimum Gasteiger partial charge on any atom is -0.481 e. The highest BCUT2D eigenvalue weighted by Gasteiger charge is 2.35. The molecule has 0 aliphatic rings. The van der Waals surface area contributed by atoms with Crippen LogP contribution in [0.1, 0.15) is 23.9 Å². The van der Waals surface area contributed by atoms with Crippen LogP contribution in [0.25, 0.3) is 11.5 Å². The van der Waals surface area contributed by atoms with Gasteiger partial charge >= 0.3 is 5.97 Å². The van der Waals surface area contributed by atoms with Gasteiger partial charge in [-0.05, 0) is 30.9 Å². The largest absolute Gasteiger partial charge is 0.481 e. The number of carbonyl (C=O) groups is 2. The van der Waals surface area contributed by atoms with Crippen molar-refractivity contribution in [3.05, 3.63) is 64.2 Å². The number of carboxylic acid groups (broad SMARTS) is 1. The second kappa shape index (κ2) is 7.75. The molecular weight excluding hydrogens is 364 g/mol. The minimum absolute atomic E-state index is 0.0144. The van der Waals surface area contributed by atoms with Gasteiger partial charge in [0.1, 0.15) is 11.2 Å². The number of aromatic nitrogens is 1. The number of carboxylic acids is 1. The van der Waals surface area contributed by atoms with Gasteiger partial charge in [0.25, 0.3) is 0 Å². The Labute approximate surface area is 160 Å². The number of nitrogens with zero attached hydrogens (tertiary/aromatic N) is 1. The number of benzene rings is 1. The van der Waals surface area contributed by atoms with Crippen molar-refractivity contribution in [2.24, 2.45) is 0 Å². The summed E-state index contributed by atoms with van der Waals surface area (Å²) >= 11 is 1.54. The zero-order valence-corrected chi connectivity index (χ0v) is 15.9. The number of thiophene rings is 1. The van der Waals surface area contributed by atoms with Crippen LogP contribution in [0.15, 0.2) is 51.6 Å². The lowest BCUT2D eigenvalue weighted by atomic mass is 9.82. The summed E-state index contributed by atoms with van der Waals surface area (Å²) in [6.07, 6.45) is 0.0317. The molecule has 1 amide bonds. The van der Waals surface area contributed by atoms with Gasteiger partial charge < -0.3 is 14.8 Å². The topological polar surface area (TPSA) is 92.4 Å². The number of carbonyl (C=O) groups excluding carboxylic acids is 1. The van der Waals surface area contributed by atoms with E-state index in [4.69, 9.17) is 4.42 Å². The average Bonchev–Trinajstić information content (AvgIpc) is 3.31. The molecule has 27 heavy (non-hydrogen) atoms. The van der Waals surface area contributed by atoms with Crippen LogP contribution < -0.4 is 5.32 Å². The molecule has 0 bridgehead atoms. The fourth-order valence-electron chi connectivity index (χ4n) is 2.70. The lowest BCUT2D eigenvalue weighted by molar-refractivity contribution is -0.143. The Kier molecular flexibility index (Phi) is 5.41. The number of hydrogen-bond donors (Lipinski definition) is 2. The Balaban J connectivity index is 1.68. The van der Waals surface area contributed by atoms with Crippen LogP contribution in [0.4, 0.5) is 0 Å². The number of aryl methyl sites for hydroxylation is 1. The van der Waals surface area contributed by atoms with E-state index in [0.717, 1.165) is 5.56 Å². The number of aliphatic carboxylic acids is 1. The van der Waals surface area contributed by atoms with Crippen LogP contribution in [0.3, 0.4) is 0 Å². The second-order valence-corrected chi connectivity index (χ2v) is 7.27. The Morgan fingerprint density at radius 1 is 1.26 bits per heavy atom. The molecular formula is C20H20N2O4S. The SMILES string of the molecule is Cc1oc(-c2ccsc2)nc1CC(=O)NCC(C)(C(=O)O)c1ccccc1. The maximum atomic E-state index is 12.4. The van der Waals surface area contributed by atoms with Gasteiger partial charge in [0.05, 0.1) is 12.1 Å². The summed E-state index contributed by atoms with van der Waals surface area (Å²) in [6, 6.07) is 10.8. The zero-order chi connectivity index (χ0) is 19.4. The number of rotatable bonds is 7. The lowest BCUT2D eigenvalue weighted by Crippen LogP contribution is -2.44. The number of nitrogens with one attached hydrogen (secondary N) is 1. The van der Waals surface area contributed by atoms with Gasteiger partial charge in [0.2, 0.25) is 11.8 Å². The molecule has 1 unspecified atom stereocenters. The standard InChI is InChI=1S/C20H20N2O4S/c1-13-16(22-18(26-13)14-8-9-27-11-14)10-17(23)21-12-20(2,19(24)25)15-6-4-3-5-7-15/h3-9,11H,10,12H2,1-2H3,(H,21,23)(H,24,25). The summed E-state index contributed by atoms with van der Waals surface area (Å²) in [7, 11) is 0. The van der Waals surface area contributed by atoms with Crippen molar-refractivity contribution in [1.82, 2.24) is 10.3 Å². The van der Waals surface area contributed by atoms with Crippen LogP contribution >= 0.6 is 11.3 Å². The molecule has 1 atom stereocenters. The smallest absolute Gasteiger partial charge is 0.315 e. The Hall–Kier alpha value is -2.93. The first-order valence-electron chi connectivity index (χ1n) is 8.44. The van der Waals surface area contributed by atoms with Gasteiger partial charge in [-0.15, -0.1) is 0 Å². The maximum Gasteiger partial charge on any atom is 0.315 e. The van der Waals surface area contributed by atoms with Crippen molar-refractivity contribution in [2.45, 2.75) is 25.7 Å². The first kappa shape index (κ1) is 18.8. The first-order chi connectivity index (χ1) is 12.9. The van der Waals surface area contributed by atoms with Crippen molar-refractivity contribution in [3.8, 4) is 11.5 Å². The van der Waals surface area contributed by atoms with Crippen molar-refractivity contribution in [1.29, 1.82) is 0 Å². The lowest BCUT2D eigenvalue weighted by Gasteiger charge is -2.25. The molecule has 2 aromatic heterocycles. The number of hydrogen-bond acceptors (Lipinski definition) is 5. The van der Waals surface area contributed by atoms with Gasteiger partial charge in [-0.3, -0.25) is 9.59 Å². The maximum absolute atomic E-state index is 12.4. The average molecular weight is 384 g/mol. The van der Waals surface area contributed by atoms with Crippen molar-refractivity contribution in [3.63, 3.8) is 0 Å². The van der Waals surface area contributed by atoms with Crippen molar-refractivity contribution in [2.75, 3.05) is 6.54 Å². The highest BCUT2D eigenvalue weighted by Crippen LogP contribution is 2.25. The quantitative estimate of drug-likeness (QED) is 0.651. The number of oxazole rings is 1. The van der Waals surface area contributed by atoms with E-state index in [0.29, 0.717) is 22.9 Å². The molecule has 0 aliphatic carbocycles. The molecule has 0 saturated heterocycles. The minimum atomic E-state index is -1.21. The fourth-order valence-corrected chi connectivity index (χ4v) is 3.33. The van der Waals surface area contributed by atoms with Crippen LogP contribution in [0.5, 0.6) is 0 Å². The summed E-state index contributed by atoms with van der Waals surface area (Å²) in [4.78, 5) is 28.6. The van der Waals surface area contributed by atoms with Crippen LogP contribution in [-0.2, 0) is 21.4 Å². The van der Waals surface area contributed by atoms with E-state index < -0.39 is 11.4 Å². The molecule has 3 rings (SSSR count). The first-order valence-corrected chi connectivity index (χ1v) is 9.39. The van der Waals surface area contributed by atoms with Gasteiger partial charge in [-0.2, -0.15) is 11.3 Å². The molecule has 2 N–H and O–H groups in total. The zero-order valence-electron chi connectivity index (χ0n) is 15.1. The molecule has 0 fully saturated rings. The van der Waals surface area contributed by atoms with E-state index in [1.165, 1.54) is 0 Å². The number of amides is 1. The van der Waals surface area contributed by atoms with Crippen LogP contribution in [-0.4, -0.2) is 28.5 Å². The Morgan fingerprint density at radius 2 is 2.00 bits per heavy atom. The fraction of sp³-hybridized carbons (Fsp3) is 0.250.